The first-order chi connectivity index (χ1) is 15.8. The fourth-order valence-electron chi connectivity index (χ4n) is 4.00. The van der Waals surface area contributed by atoms with Gasteiger partial charge in [0.1, 0.15) is 11.5 Å². The van der Waals surface area contributed by atoms with E-state index in [1.54, 1.807) is 39.9 Å². The summed E-state index contributed by atoms with van der Waals surface area (Å²) in [6.45, 7) is 0. The molecular formula is C22H17ClN6O2S2. The Bertz CT molecular complexity index is 1770. The number of nitrogens with zero attached hydrogens (tertiary/aromatic N) is 3. The van der Waals surface area contributed by atoms with Gasteiger partial charge in [0.25, 0.3) is 11.1 Å². The number of hydrogen-bond donors (Lipinski definition) is 3. The van der Waals surface area contributed by atoms with Crippen LogP contribution in [0.1, 0.15) is 0 Å². The van der Waals surface area contributed by atoms with Crippen LogP contribution in [0.25, 0.3) is 39.2 Å². The summed E-state index contributed by atoms with van der Waals surface area (Å²) in [5.41, 5.74) is 1.74. The zero-order valence-electron chi connectivity index (χ0n) is 17.5. The van der Waals surface area contributed by atoms with E-state index in [2.05, 4.69) is 15.0 Å². The Morgan fingerprint density at radius 3 is 2.09 bits per heavy atom. The lowest BCUT2D eigenvalue weighted by Gasteiger charge is -2.16. The summed E-state index contributed by atoms with van der Waals surface area (Å²) in [7, 11) is 3.51. The topological polar surface area (TPSA) is 96.3 Å². The number of nitrogens with one attached hydrogen (secondary N) is 3. The van der Waals surface area contributed by atoms with E-state index in [0.29, 0.717) is 38.7 Å². The summed E-state index contributed by atoms with van der Waals surface area (Å²) in [4.78, 5) is 35.4. The molecule has 0 aliphatic heterocycles. The predicted octanol–water partition coefficient (Wildman–Crippen LogP) is 4.46. The van der Waals surface area contributed by atoms with E-state index in [0.717, 1.165) is 5.56 Å². The number of aromatic amines is 3. The van der Waals surface area contributed by atoms with Gasteiger partial charge in [0.2, 0.25) is 0 Å². The Kier molecular flexibility index (Phi) is 5.08. The Balaban J connectivity index is 2.05. The lowest BCUT2D eigenvalue weighted by molar-refractivity contribution is 0.780. The largest absolute Gasteiger partial charge is 0.340 e. The van der Waals surface area contributed by atoms with Crippen molar-refractivity contribution in [2.24, 2.45) is 14.1 Å². The maximum Gasteiger partial charge on any atom is 0.261 e. The first kappa shape index (κ1) is 21.4. The number of rotatable bonds is 3. The highest BCUT2D eigenvalue weighted by atomic mass is 35.5. The molecule has 11 heteroatoms. The number of benzene rings is 1. The van der Waals surface area contributed by atoms with Gasteiger partial charge in [-0.25, -0.2) is 0 Å². The lowest BCUT2D eigenvalue weighted by Crippen LogP contribution is -2.21. The quantitative estimate of drug-likeness (QED) is 0.321. The zero-order chi connectivity index (χ0) is 23.4. The number of fused-ring (bicyclic) bond motifs is 1. The first-order valence-electron chi connectivity index (χ1n) is 9.86. The van der Waals surface area contributed by atoms with E-state index in [1.807, 2.05) is 36.7 Å². The molecule has 33 heavy (non-hydrogen) atoms. The van der Waals surface area contributed by atoms with Crippen LogP contribution in [-0.2, 0) is 14.1 Å². The minimum absolute atomic E-state index is 0.257. The van der Waals surface area contributed by atoms with Crippen molar-refractivity contribution in [1.82, 2.24) is 28.7 Å². The molecule has 0 bridgehead atoms. The molecule has 0 saturated carbocycles. The van der Waals surface area contributed by atoms with Gasteiger partial charge in [0, 0.05) is 37.1 Å². The monoisotopic (exact) mass is 496 g/mol. The van der Waals surface area contributed by atoms with Gasteiger partial charge in [-0.15, -0.1) is 0 Å². The number of aromatic nitrogens is 6. The SMILES string of the molecule is Cn1c(-n2cccc2)c(-c2c(-c3ccc(Cl)cc3)[nH]c3c2c(=O)[nH]c(=S)n3C)c(=O)[nH]c1=S. The average molecular weight is 497 g/mol. The minimum Gasteiger partial charge on any atom is -0.340 e. The van der Waals surface area contributed by atoms with Crippen molar-refractivity contribution < 1.29 is 0 Å². The molecule has 0 radical (unpaired) electrons. The molecule has 0 atom stereocenters. The maximum absolute atomic E-state index is 13.4. The van der Waals surface area contributed by atoms with Crippen molar-refractivity contribution in [3.63, 3.8) is 0 Å². The van der Waals surface area contributed by atoms with Gasteiger partial charge < -0.3 is 18.7 Å². The fourth-order valence-corrected chi connectivity index (χ4v) is 4.49. The van der Waals surface area contributed by atoms with Gasteiger partial charge >= 0.3 is 0 Å². The Morgan fingerprint density at radius 2 is 1.42 bits per heavy atom. The van der Waals surface area contributed by atoms with E-state index >= 15 is 0 Å². The van der Waals surface area contributed by atoms with E-state index in [-0.39, 0.29) is 9.54 Å². The molecule has 0 aliphatic rings. The summed E-state index contributed by atoms with van der Waals surface area (Å²) in [5.74, 6) is 0.523. The minimum atomic E-state index is -0.414. The van der Waals surface area contributed by atoms with Crippen molar-refractivity contribution >= 4 is 47.1 Å². The molecule has 8 nitrogen and oxygen atoms in total. The highest BCUT2D eigenvalue weighted by Crippen LogP contribution is 2.38. The van der Waals surface area contributed by atoms with Crippen LogP contribution in [0.3, 0.4) is 0 Å². The van der Waals surface area contributed by atoms with E-state index < -0.39 is 11.1 Å². The van der Waals surface area contributed by atoms with Crippen LogP contribution in [0.2, 0.25) is 5.02 Å². The van der Waals surface area contributed by atoms with Gasteiger partial charge in [-0.05, 0) is 54.3 Å². The highest BCUT2D eigenvalue weighted by molar-refractivity contribution is 7.71. The smallest absolute Gasteiger partial charge is 0.261 e. The summed E-state index contributed by atoms with van der Waals surface area (Å²) in [6, 6.07) is 10.8. The number of H-pyrrole nitrogens is 3. The van der Waals surface area contributed by atoms with E-state index in [1.165, 1.54) is 0 Å². The van der Waals surface area contributed by atoms with Crippen molar-refractivity contribution in [3.05, 3.63) is 84.1 Å². The van der Waals surface area contributed by atoms with Gasteiger partial charge in [-0.2, -0.15) is 0 Å². The molecule has 0 spiro atoms. The van der Waals surface area contributed by atoms with Crippen LogP contribution < -0.4 is 11.1 Å². The zero-order valence-corrected chi connectivity index (χ0v) is 19.9. The summed E-state index contributed by atoms with van der Waals surface area (Å²) >= 11 is 16.8. The molecular weight excluding hydrogens is 480 g/mol. The van der Waals surface area contributed by atoms with Crippen LogP contribution in [0.15, 0.2) is 58.4 Å². The van der Waals surface area contributed by atoms with Crippen LogP contribution in [0.5, 0.6) is 0 Å². The third-order valence-corrected chi connectivity index (χ3v) is 6.60. The third kappa shape index (κ3) is 3.34. The van der Waals surface area contributed by atoms with Gasteiger partial charge in [-0.3, -0.25) is 19.6 Å². The van der Waals surface area contributed by atoms with Crippen LogP contribution >= 0.6 is 36.0 Å². The molecule has 5 rings (SSSR count). The molecule has 0 aliphatic carbocycles. The van der Waals surface area contributed by atoms with Crippen molar-refractivity contribution in [2.45, 2.75) is 0 Å². The van der Waals surface area contributed by atoms with Crippen LogP contribution in [0, 0.1) is 9.54 Å². The Hall–Kier alpha value is -3.47. The van der Waals surface area contributed by atoms with E-state index in [4.69, 9.17) is 36.0 Å². The number of aryl methyl sites for hydroxylation is 1. The van der Waals surface area contributed by atoms with Gasteiger partial charge in [-0.1, -0.05) is 23.7 Å². The first-order valence-corrected chi connectivity index (χ1v) is 11.1. The molecule has 0 saturated heterocycles. The highest BCUT2D eigenvalue weighted by Gasteiger charge is 2.26. The average Bonchev–Trinajstić information content (AvgIpc) is 3.43. The fraction of sp³-hybridized carbons (Fsp3) is 0.0909. The maximum atomic E-state index is 13.4. The standard InChI is InChI=1S/C22H17ClN6O2S2/c1-27-17-14(18(30)25-21(27)32)13(16(24-17)11-5-7-12(23)8-6-11)15-19(31)26-22(33)28(2)20(15)29-9-3-4-10-29/h3-10,24H,1-2H3,(H,25,30,32)(H,26,31,33). The number of hydrogen-bond acceptors (Lipinski definition) is 4. The van der Waals surface area contributed by atoms with Crippen LogP contribution in [0.4, 0.5) is 0 Å². The third-order valence-electron chi connectivity index (χ3n) is 5.59. The van der Waals surface area contributed by atoms with Crippen LogP contribution in [-0.4, -0.2) is 28.7 Å². The molecule has 0 fully saturated rings. The molecule has 5 aromatic rings. The summed E-state index contributed by atoms with van der Waals surface area (Å²) in [6.07, 6.45) is 3.63. The van der Waals surface area contributed by atoms with Crippen molar-refractivity contribution in [1.29, 1.82) is 0 Å². The van der Waals surface area contributed by atoms with Crippen molar-refractivity contribution in [2.75, 3.05) is 0 Å². The van der Waals surface area contributed by atoms with Gasteiger partial charge in [0.15, 0.2) is 9.54 Å². The molecule has 3 N–H and O–H groups in total. The van der Waals surface area contributed by atoms with Crippen molar-refractivity contribution in [3.8, 4) is 28.2 Å². The molecule has 4 aromatic heterocycles. The normalized spacial score (nSPS) is 11.4. The lowest BCUT2D eigenvalue weighted by atomic mass is 10.00. The predicted molar refractivity (Wildman–Crippen MR) is 134 cm³/mol. The second-order valence-electron chi connectivity index (χ2n) is 7.53. The molecule has 1 aromatic carbocycles. The molecule has 4 heterocycles. The molecule has 0 amide bonds. The number of halogens is 1. The Morgan fingerprint density at radius 1 is 0.818 bits per heavy atom. The molecule has 166 valence electrons. The van der Waals surface area contributed by atoms with Gasteiger partial charge in [0.05, 0.1) is 16.6 Å². The Labute approximate surface area is 201 Å². The summed E-state index contributed by atoms with van der Waals surface area (Å²) < 4.78 is 5.67. The molecule has 0 unspecified atom stereocenters. The second kappa shape index (κ2) is 7.84. The summed E-state index contributed by atoms with van der Waals surface area (Å²) in [5, 5.41) is 0.882. The van der Waals surface area contributed by atoms with E-state index in [9.17, 15) is 9.59 Å². The second-order valence-corrected chi connectivity index (χ2v) is 8.74.